The van der Waals surface area contributed by atoms with Gasteiger partial charge in [-0.05, 0) is 0 Å². The van der Waals surface area contributed by atoms with Crippen LogP contribution >= 0.6 is 15.6 Å². The smallest absolute Gasteiger partial charge is 1.00 e. The predicted molar refractivity (Wildman–Crippen MR) is 35.4 cm³/mol. The van der Waals surface area contributed by atoms with Crippen molar-refractivity contribution >= 4 is 53.4 Å². The van der Waals surface area contributed by atoms with Crippen molar-refractivity contribution in [1.82, 2.24) is 0 Å². The van der Waals surface area contributed by atoms with Gasteiger partial charge in [0.2, 0.25) is 0 Å². The molecule has 0 heterocycles. The van der Waals surface area contributed by atoms with Gasteiger partial charge >= 0.3 is 156 Å². The fourth-order valence-corrected chi connectivity index (χ4v) is 1.25. The van der Waals surface area contributed by atoms with E-state index < -0.39 is 15.6 Å². The van der Waals surface area contributed by atoms with Crippen molar-refractivity contribution in [3.8, 4) is 0 Å². The van der Waals surface area contributed by atoms with Crippen molar-refractivity contribution in [1.29, 1.82) is 0 Å². The number of hydrogen-bond acceptors (Lipinski definition) is 3. The molecule has 12 heavy (non-hydrogen) atoms. The maximum atomic E-state index is 9.63. The molecule has 0 aromatic carbocycles. The van der Waals surface area contributed by atoms with Crippen LogP contribution in [0.25, 0.3) is 0 Å². The first-order valence-electron chi connectivity index (χ1n) is 1.53. The van der Waals surface area contributed by atoms with Gasteiger partial charge in [0.05, 0.1) is 0 Å². The van der Waals surface area contributed by atoms with Crippen LogP contribution in [-0.2, 0) is 13.4 Å². The summed E-state index contributed by atoms with van der Waals surface area (Å²) in [5.74, 6) is 0. The summed E-state index contributed by atoms with van der Waals surface area (Å²) < 4.78 is 22.2. The molecule has 4 N–H and O–H groups in total. The fraction of sp³-hybridized carbons (Fsp3) is 0. The average Bonchev–Trinajstić information content (AvgIpc) is 1.14. The molecule has 0 unspecified atom stereocenters. The van der Waals surface area contributed by atoms with E-state index in [4.69, 9.17) is 19.6 Å². The van der Waals surface area contributed by atoms with Gasteiger partial charge in [0.25, 0.3) is 0 Å². The summed E-state index contributed by atoms with van der Waals surface area (Å²) in [5, 5.41) is 0. The minimum absolute atomic E-state index is 0. The van der Waals surface area contributed by atoms with Crippen LogP contribution in [0, 0.1) is 0 Å². The van der Waals surface area contributed by atoms with Crippen molar-refractivity contribution in [3.05, 3.63) is 0 Å². The summed E-state index contributed by atoms with van der Waals surface area (Å²) in [6, 6.07) is 0. The molecule has 0 aliphatic rings. The molecule has 0 aromatic rings. The summed E-state index contributed by atoms with van der Waals surface area (Å²) in [4.78, 5) is 31.0. The molecular weight excluding hydrogens is 292 g/mol. The van der Waals surface area contributed by atoms with E-state index in [1.165, 1.54) is 0 Å². The van der Waals surface area contributed by atoms with Crippen LogP contribution in [0.15, 0.2) is 0 Å². The van der Waals surface area contributed by atoms with Crippen LogP contribution in [0.3, 0.4) is 0 Å². The molecule has 0 saturated carbocycles. The van der Waals surface area contributed by atoms with E-state index in [0.29, 0.717) is 0 Å². The van der Waals surface area contributed by atoms with E-state index in [9.17, 15) is 9.13 Å². The van der Waals surface area contributed by atoms with E-state index in [1.807, 2.05) is 0 Å². The van der Waals surface area contributed by atoms with Crippen LogP contribution in [0.5, 0.6) is 0 Å². The van der Waals surface area contributed by atoms with Crippen LogP contribution < -0.4 is 103 Å². The average molecular weight is 300 g/mol. The molecule has 0 fully saturated rings. The normalized spacial score (nSPS) is 10.3. The molecule has 0 atom stereocenters. The molecule has 0 bridgehead atoms. The van der Waals surface area contributed by atoms with Crippen LogP contribution in [0.4, 0.5) is 0 Å². The Morgan fingerprint density at radius 3 is 1.08 bits per heavy atom. The molecule has 0 aromatic heterocycles. The zero-order valence-corrected chi connectivity index (χ0v) is 16.9. The molecule has 0 amide bonds. The topological polar surface area (TPSA) is 124 Å². The first-order chi connectivity index (χ1) is 3.71. The molecule has 0 aliphatic heterocycles. The van der Waals surface area contributed by atoms with Gasteiger partial charge in [0, 0.05) is 0 Å². The van der Waals surface area contributed by atoms with E-state index >= 15 is 0 Å². The predicted octanol–water partition coefficient (Wildman–Crippen LogP) is -6.73. The zero-order chi connectivity index (χ0) is 7.71. The van der Waals surface area contributed by atoms with Gasteiger partial charge in [0.1, 0.15) is 0 Å². The van der Waals surface area contributed by atoms with Crippen molar-refractivity contribution in [2.24, 2.45) is 0 Å². The summed E-state index contributed by atoms with van der Waals surface area (Å²) in [6.45, 7) is 0. The SMILES string of the molecule is O=P(O)(O)OP(=O)(O)O.[Ca+2].[H-].[H-].[H-].[H-].[K+].[K+]. The molecular formula is H8CaK2O7P2. The van der Waals surface area contributed by atoms with Crippen molar-refractivity contribution in [2.45, 2.75) is 0 Å². The minimum Gasteiger partial charge on any atom is -1.00 e. The van der Waals surface area contributed by atoms with Gasteiger partial charge in [-0.3, -0.25) is 0 Å². The second-order valence-electron chi connectivity index (χ2n) is 1.06. The molecule has 12 heteroatoms. The Kier molecular flexibility index (Phi) is 23.3. The minimum atomic E-state index is -5.05. The van der Waals surface area contributed by atoms with Gasteiger partial charge in [-0.15, -0.1) is 0 Å². The summed E-state index contributed by atoms with van der Waals surface area (Å²) in [6.07, 6.45) is 0. The zero-order valence-electron chi connectivity index (χ0n) is 10.6. The fourth-order valence-electron chi connectivity index (χ4n) is 0.139. The third-order valence-electron chi connectivity index (χ3n) is 0.213. The Balaban J connectivity index is -0.0000000152. The molecule has 7 nitrogen and oxygen atoms in total. The largest absolute Gasteiger partial charge is 2.00 e. The van der Waals surface area contributed by atoms with Crippen LogP contribution in [0.2, 0.25) is 0 Å². The first kappa shape index (κ1) is 25.6. The molecule has 0 radical (unpaired) electrons. The second kappa shape index (κ2) is 10.9. The third-order valence-corrected chi connectivity index (χ3v) is 1.91. The Labute approximate surface area is 190 Å². The van der Waals surface area contributed by atoms with Gasteiger partial charge in [0.15, 0.2) is 0 Å². The molecule has 64 valence electrons. The van der Waals surface area contributed by atoms with Crippen LogP contribution in [-0.4, -0.2) is 57.3 Å². The standard InChI is InChI=1S/Ca.2K.H4O7P2.4H/c;;;1-8(2,3)7-9(4,5)6;;;;/h;;;(H2,1,2,3)(H2,4,5,6);;;;/q+2;2*+1;;4*-1. The molecule has 0 aliphatic carbocycles. The van der Waals surface area contributed by atoms with E-state index in [-0.39, 0.29) is 146 Å². The Bertz CT molecular complexity index is 173. The number of rotatable bonds is 2. The van der Waals surface area contributed by atoms with Gasteiger partial charge in [-0.25, -0.2) is 9.13 Å². The molecule has 0 saturated heterocycles. The first-order valence-corrected chi connectivity index (χ1v) is 4.59. The molecule has 0 spiro atoms. The van der Waals surface area contributed by atoms with Gasteiger partial charge in [-0.2, -0.15) is 4.31 Å². The van der Waals surface area contributed by atoms with E-state index in [1.54, 1.807) is 0 Å². The molecule has 0 rings (SSSR count). The maximum absolute atomic E-state index is 9.63. The summed E-state index contributed by atoms with van der Waals surface area (Å²) in [5.41, 5.74) is 0. The monoisotopic (exact) mass is 300 g/mol. The van der Waals surface area contributed by atoms with Gasteiger partial charge < -0.3 is 25.3 Å². The Morgan fingerprint density at radius 1 is 0.917 bits per heavy atom. The van der Waals surface area contributed by atoms with E-state index in [0.717, 1.165) is 0 Å². The number of phosphoric acid groups is 2. The van der Waals surface area contributed by atoms with E-state index in [2.05, 4.69) is 4.31 Å². The second-order valence-corrected chi connectivity index (χ2v) is 3.68. The van der Waals surface area contributed by atoms with Gasteiger partial charge in [-0.1, -0.05) is 0 Å². The summed E-state index contributed by atoms with van der Waals surface area (Å²) in [7, 11) is -10.1. The number of hydrogen-bond donors (Lipinski definition) is 4. The van der Waals surface area contributed by atoms with Crippen LogP contribution in [0.1, 0.15) is 5.71 Å². The van der Waals surface area contributed by atoms with Crippen molar-refractivity contribution in [2.75, 3.05) is 0 Å². The van der Waals surface area contributed by atoms with Crippen molar-refractivity contribution < 1.29 is 141 Å². The van der Waals surface area contributed by atoms with Crippen molar-refractivity contribution in [3.63, 3.8) is 0 Å². The Morgan fingerprint density at radius 2 is 1.08 bits per heavy atom. The quantitative estimate of drug-likeness (QED) is 0.295. The Hall–Kier alpha value is 4.79. The maximum Gasteiger partial charge on any atom is 2.00 e. The third kappa shape index (κ3) is 24.2. The summed E-state index contributed by atoms with van der Waals surface area (Å²) >= 11 is 0.